The van der Waals surface area contributed by atoms with Gasteiger partial charge in [-0.15, -0.1) is 0 Å². The molecule has 1 aromatic rings. The number of aliphatic hydroxyl groups excluding tert-OH is 2. The van der Waals surface area contributed by atoms with Gasteiger partial charge in [0.2, 0.25) is 0 Å². The Balaban J connectivity index is 2.39. The first-order valence-electron chi connectivity index (χ1n) is 6.83. The van der Waals surface area contributed by atoms with Crippen LogP contribution >= 0.6 is 0 Å². The number of aliphatic hydroxyl groups is 2. The van der Waals surface area contributed by atoms with Crippen molar-refractivity contribution in [2.45, 2.75) is 32.2 Å². The average molecular weight is 302 g/mol. The molecule has 0 aliphatic rings. The van der Waals surface area contributed by atoms with E-state index in [2.05, 4.69) is 0 Å². The van der Waals surface area contributed by atoms with Gasteiger partial charge in [-0.3, -0.25) is 0 Å². The Morgan fingerprint density at radius 2 is 1.86 bits per heavy atom. The highest BCUT2D eigenvalue weighted by Crippen LogP contribution is 2.21. The Hall–Kier alpha value is -1.21. The molecule has 0 aliphatic heterocycles. The zero-order chi connectivity index (χ0) is 15.8. The van der Waals surface area contributed by atoms with Crippen LogP contribution in [0.4, 0.5) is 4.39 Å². The third kappa shape index (κ3) is 6.39. The molecule has 0 amide bonds. The highest BCUT2D eigenvalue weighted by Gasteiger charge is 2.12. The van der Waals surface area contributed by atoms with Crippen molar-refractivity contribution in [3.63, 3.8) is 0 Å². The molecule has 0 heterocycles. The smallest absolute Gasteiger partial charge is 0.132 e. The monoisotopic (exact) mass is 302 g/mol. The molecule has 2 N–H and O–H groups in total. The fraction of sp³-hybridized carbons (Fsp3) is 0.600. The van der Waals surface area contributed by atoms with E-state index in [1.807, 2.05) is 6.92 Å². The summed E-state index contributed by atoms with van der Waals surface area (Å²) in [6.45, 7) is 3.87. The van der Waals surface area contributed by atoms with Gasteiger partial charge in [0.1, 0.15) is 24.3 Å². The highest BCUT2D eigenvalue weighted by molar-refractivity contribution is 5.30. The van der Waals surface area contributed by atoms with Crippen molar-refractivity contribution in [3.05, 3.63) is 29.6 Å². The van der Waals surface area contributed by atoms with E-state index in [9.17, 15) is 14.6 Å². The van der Waals surface area contributed by atoms with Gasteiger partial charge in [0, 0.05) is 18.7 Å². The van der Waals surface area contributed by atoms with E-state index < -0.39 is 18.0 Å². The highest BCUT2D eigenvalue weighted by atomic mass is 19.1. The zero-order valence-corrected chi connectivity index (χ0v) is 12.6. The van der Waals surface area contributed by atoms with Crippen LogP contribution in [0.3, 0.4) is 0 Å². The molecule has 3 atom stereocenters. The summed E-state index contributed by atoms with van der Waals surface area (Å²) in [7, 11) is 1.57. The van der Waals surface area contributed by atoms with E-state index in [0.29, 0.717) is 12.4 Å². The quantitative estimate of drug-likeness (QED) is 0.726. The topological polar surface area (TPSA) is 68.2 Å². The number of hydrogen-bond donors (Lipinski definition) is 2. The van der Waals surface area contributed by atoms with Gasteiger partial charge in [-0.1, -0.05) is 0 Å². The Kier molecular flexibility index (Phi) is 7.60. The first-order valence-corrected chi connectivity index (χ1v) is 6.83. The molecule has 6 heteroatoms. The maximum absolute atomic E-state index is 13.6. The summed E-state index contributed by atoms with van der Waals surface area (Å²) in [6, 6.07) is 4.19. The molecule has 5 nitrogen and oxygen atoms in total. The first kappa shape index (κ1) is 17.8. The summed E-state index contributed by atoms with van der Waals surface area (Å²) in [5, 5.41) is 19.0. The van der Waals surface area contributed by atoms with Gasteiger partial charge in [-0.2, -0.15) is 0 Å². The lowest BCUT2D eigenvalue weighted by atomic mass is 10.1. The Morgan fingerprint density at radius 3 is 2.43 bits per heavy atom. The molecule has 120 valence electrons. The normalized spacial score (nSPS) is 15.5. The second-order valence-electron chi connectivity index (χ2n) is 4.92. The molecule has 0 bridgehead atoms. The fourth-order valence-electron chi connectivity index (χ4n) is 1.74. The van der Waals surface area contributed by atoms with E-state index in [1.54, 1.807) is 13.2 Å². The summed E-state index contributed by atoms with van der Waals surface area (Å²) in [5.74, 6) is -0.247. The molecule has 0 aromatic heterocycles. The van der Waals surface area contributed by atoms with Crippen LogP contribution in [-0.2, 0) is 9.47 Å². The van der Waals surface area contributed by atoms with Gasteiger partial charge in [-0.25, -0.2) is 4.39 Å². The second kappa shape index (κ2) is 8.94. The minimum atomic E-state index is -0.875. The lowest BCUT2D eigenvalue weighted by molar-refractivity contribution is -0.0423. The Bertz CT molecular complexity index is 425. The SMILES string of the molecule is COCC(C)OCC(O)COc1ccc([C@H](C)O)c(F)c1. The van der Waals surface area contributed by atoms with Crippen molar-refractivity contribution in [1.29, 1.82) is 0 Å². The third-order valence-electron chi connectivity index (χ3n) is 2.84. The van der Waals surface area contributed by atoms with Crippen LogP contribution in [0.2, 0.25) is 0 Å². The van der Waals surface area contributed by atoms with E-state index in [4.69, 9.17) is 14.2 Å². The molecule has 21 heavy (non-hydrogen) atoms. The predicted octanol–water partition coefficient (Wildman–Crippen LogP) is 1.67. The largest absolute Gasteiger partial charge is 0.491 e. The number of hydrogen-bond acceptors (Lipinski definition) is 5. The van der Waals surface area contributed by atoms with Crippen LogP contribution in [0.25, 0.3) is 0 Å². The summed E-state index contributed by atoms with van der Waals surface area (Å²) < 4.78 is 29.2. The van der Waals surface area contributed by atoms with Crippen LogP contribution in [0.5, 0.6) is 5.75 Å². The fourth-order valence-corrected chi connectivity index (χ4v) is 1.74. The van der Waals surface area contributed by atoms with Gasteiger partial charge in [-0.05, 0) is 26.0 Å². The molecule has 0 spiro atoms. The summed E-state index contributed by atoms with van der Waals surface area (Å²) in [4.78, 5) is 0. The molecule has 0 radical (unpaired) electrons. The average Bonchev–Trinajstić information content (AvgIpc) is 2.43. The van der Waals surface area contributed by atoms with Gasteiger partial charge in [0.25, 0.3) is 0 Å². The van der Waals surface area contributed by atoms with Crippen molar-refractivity contribution in [2.24, 2.45) is 0 Å². The predicted molar refractivity (Wildman–Crippen MR) is 75.8 cm³/mol. The zero-order valence-electron chi connectivity index (χ0n) is 12.6. The standard InChI is InChI=1S/C15H23FO5/c1-10(7-19-3)20-8-12(18)9-21-13-4-5-14(11(2)17)15(16)6-13/h4-6,10-12,17-18H,7-9H2,1-3H3/t10?,11-,12?/m0/s1. The minimum absolute atomic E-state index is 0.00678. The van der Waals surface area contributed by atoms with Crippen LogP contribution in [-0.4, -0.2) is 49.4 Å². The minimum Gasteiger partial charge on any atom is -0.491 e. The molecule has 0 fully saturated rings. The first-order chi connectivity index (χ1) is 9.93. The van der Waals surface area contributed by atoms with Gasteiger partial charge in [0.05, 0.1) is 25.4 Å². The molecule has 0 aliphatic carbocycles. The molecule has 2 unspecified atom stereocenters. The van der Waals surface area contributed by atoms with Crippen LogP contribution in [0.1, 0.15) is 25.5 Å². The lowest BCUT2D eigenvalue weighted by Gasteiger charge is -2.16. The van der Waals surface area contributed by atoms with Crippen molar-refractivity contribution in [3.8, 4) is 5.75 Å². The third-order valence-corrected chi connectivity index (χ3v) is 2.84. The van der Waals surface area contributed by atoms with E-state index in [-0.39, 0.29) is 24.9 Å². The van der Waals surface area contributed by atoms with Gasteiger partial charge in [0.15, 0.2) is 0 Å². The molecular weight excluding hydrogens is 279 g/mol. The summed E-state index contributed by atoms with van der Waals surface area (Å²) in [6.07, 6.45) is -1.81. The summed E-state index contributed by atoms with van der Waals surface area (Å²) >= 11 is 0. The van der Waals surface area contributed by atoms with Crippen molar-refractivity contribution >= 4 is 0 Å². The van der Waals surface area contributed by atoms with E-state index >= 15 is 0 Å². The number of benzene rings is 1. The van der Waals surface area contributed by atoms with Crippen LogP contribution in [0, 0.1) is 5.82 Å². The molecular formula is C15H23FO5. The lowest BCUT2D eigenvalue weighted by Crippen LogP contribution is -2.27. The number of ether oxygens (including phenoxy) is 3. The number of methoxy groups -OCH3 is 1. The summed E-state index contributed by atoms with van der Waals surface area (Å²) in [5.41, 5.74) is 0.208. The van der Waals surface area contributed by atoms with Crippen molar-refractivity contribution in [1.82, 2.24) is 0 Å². The molecule has 0 saturated heterocycles. The maximum Gasteiger partial charge on any atom is 0.132 e. The van der Waals surface area contributed by atoms with Crippen molar-refractivity contribution < 1.29 is 28.8 Å². The Labute approximate surface area is 124 Å². The second-order valence-corrected chi connectivity index (χ2v) is 4.92. The molecule has 0 saturated carbocycles. The Morgan fingerprint density at radius 1 is 1.14 bits per heavy atom. The maximum atomic E-state index is 13.6. The van der Waals surface area contributed by atoms with E-state index in [0.717, 1.165) is 0 Å². The van der Waals surface area contributed by atoms with Crippen LogP contribution in [0.15, 0.2) is 18.2 Å². The molecule has 1 aromatic carbocycles. The number of halogens is 1. The number of rotatable bonds is 9. The van der Waals surface area contributed by atoms with Crippen molar-refractivity contribution in [2.75, 3.05) is 26.9 Å². The van der Waals surface area contributed by atoms with E-state index in [1.165, 1.54) is 19.1 Å². The molecule has 1 rings (SSSR count). The van der Waals surface area contributed by atoms with Gasteiger partial charge >= 0.3 is 0 Å². The van der Waals surface area contributed by atoms with Gasteiger partial charge < -0.3 is 24.4 Å². The van der Waals surface area contributed by atoms with Crippen LogP contribution < -0.4 is 4.74 Å².